The molecule has 0 saturated heterocycles. The van der Waals surface area contributed by atoms with Crippen LogP contribution in [0.4, 0.5) is 5.82 Å². The summed E-state index contributed by atoms with van der Waals surface area (Å²) in [4.78, 5) is 8.92. The van der Waals surface area contributed by atoms with Gasteiger partial charge in [-0.05, 0) is 6.07 Å². The maximum absolute atomic E-state index is 9.36. The summed E-state index contributed by atoms with van der Waals surface area (Å²) >= 11 is 0. The number of aliphatic hydroxyl groups is 1. The van der Waals surface area contributed by atoms with E-state index in [1.54, 1.807) is 13.1 Å². The third-order valence-electron chi connectivity index (χ3n) is 2.99. The molecule has 0 unspecified atom stereocenters. The molecule has 21 heavy (non-hydrogen) atoms. The number of ether oxygens (including phenoxy) is 1. The molecule has 5 nitrogen and oxygen atoms in total. The zero-order chi connectivity index (χ0) is 15.5. The Labute approximate surface area is 125 Å². The fourth-order valence-corrected chi connectivity index (χ4v) is 1.79. The predicted molar refractivity (Wildman–Crippen MR) is 82.7 cm³/mol. The smallest absolute Gasteiger partial charge is 0.224 e. The van der Waals surface area contributed by atoms with Crippen LogP contribution in [0.15, 0.2) is 30.3 Å². The van der Waals surface area contributed by atoms with E-state index in [2.05, 4.69) is 15.3 Å². The van der Waals surface area contributed by atoms with E-state index in [1.807, 2.05) is 45.0 Å². The van der Waals surface area contributed by atoms with Crippen molar-refractivity contribution in [2.24, 2.45) is 0 Å². The maximum Gasteiger partial charge on any atom is 0.224 e. The highest BCUT2D eigenvalue weighted by atomic mass is 16.5. The van der Waals surface area contributed by atoms with E-state index in [0.717, 1.165) is 5.56 Å². The minimum atomic E-state index is -0.179. The quantitative estimate of drug-likeness (QED) is 0.904. The van der Waals surface area contributed by atoms with Crippen LogP contribution in [0, 0.1) is 0 Å². The summed E-state index contributed by atoms with van der Waals surface area (Å²) in [7, 11) is 1.81. The summed E-state index contributed by atoms with van der Waals surface area (Å²) in [6, 6.07) is 9.09. The second kappa shape index (κ2) is 6.10. The first-order valence-electron chi connectivity index (χ1n) is 6.88. The molecule has 0 aliphatic carbocycles. The lowest BCUT2D eigenvalue weighted by Crippen LogP contribution is -2.17. The van der Waals surface area contributed by atoms with Gasteiger partial charge in [0.2, 0.25) is 5.88 Å². The highest BCUT2D eigenvalue weighted by Crippen LogP contribution is 2.28. The Morgan fingerprint density at radius 1 is 1.19 bits per heavy atom. The molecule has 2 aromatic rings. The lowest BCUT2D eigenvalue weighted by Gasteiger charge is -2.18. The third-order valence-corrected chi connectivity index (χ3v) is 2.99. The molecular weight excluding hydrogens is 266 g/mol. The number of benzene rings is 1. The van der Waals surface area contributed by atoms with Crippen LogP contribution in [0.3, 0.4) is 0 Å². The van der Waals surface area contributed by atoms with Crippen molar-refractivity contribution >= 4 is 5.82 Å². The van der Waals surface area contributed by atoms with Gasteiger partial charge in [0, 0.05) is 24.1 Å². The Kier molecular flexibility index (Phi) is 4.43. The van der Waals surface area contributed by atoms with Crippen LogP contribution in [0.25, 0.3) is 0 Å². The third kappa shape index (κ3) is 3.70. The van der Waals surface area contributed by atoms with Gasteiger partial charge in [-0.15, -0.1) is 0 Å². The molecule has 1 aromatic heterocycles. The first-order valence-corrected chi connectivity index (χ1v) is 6.88. The average molecular weight is 287 g/mol. The molecule has 2 rings (SSSR count). The van der Waals surface area contributed by atoms with E-state index in [-0.39, 0.29) is 12.0 Å². The molecule has 0 spiro atoms. The first kappa shape index (κ1) is 15.3. The van der Waals surface area contributed by atoms with Gasteiger partial charge < -0.3 is 15.2 Å². The standard InChI is InChI=1S/C16H21N3O2/c1-16(2,3)15-18-13(17-4)9-14(19-15)21-12-8-6-5-7-11(12)10-20/h5-9,20H,10H2,1-4H3,(H,17,18,19). The van der Waals surface area contributed by atoms with Gasteiger partial charge in [-0.1, -0.05) is 39.0 Å². The molecule has 0 bridgehead atoms. The van der Waals surface area contributed by atoms with E-state index >= 15 is 0 Å². The van der Waals surface area contributed by atoms with Crippen molar-refractivity contribution < 1.29 is 9.84 Å². The number of anilines is 1. The molecular formula is C16H21N3O2. The zero-order valence-corrected chi connectivity index (χ0v) is 12.8. The number of para-hydroxylation sites is 1. The summed E-state index contributed by atoms with van der Waals surface area (Å²) in [6.45, 7) is 6.07. The molecule has 112 valence electrons. The highest BCUT2D eigenvalue weighted by molar-refractivity contribution is 5.42. The van der Waals surface area contributed by atoms with Crippen molar-refractivity contribution in [2.75, 3.05) is 12.4 Å². The molecule has 2 N–H and O–H groups in total. The number of rotatable bonds is 4. The normalized spacial score (nSPS) is 11.3. The summed E-state index contributed by atoms with van der Waals surface area (Å²) in [6.07, 6.45) is 0. The van der Waals surface area contributed by atoms with Gasteiger partial charge >= 0.3 is 0 Å². The van der Waals surface area contributed by atoms with Gasteiger partial charge in [0.15, 0.2) is 0 Å². The van der Waals surface area contributed by atoms with Gasteiger partial charge in [-0.3, -0.25) is 0 Å². The van der Waals surface area contributed by atoms with Crippen LogP contribution in [-0.2, 0) is 12.0 Å². The largest absolute Gasteiger partial charge is 0.438 e. The molecule has 0 amide bonds. The van der Waals surface area contributed by atoms with E-state index in [9.17, 15) is 5.11 Å². The van der Waals surface area contributed by atoms with Gasteiger partial charge in [0.25, 0.3) is 0 Å². The van der Waals surface area contributed by atoms with Crippen LogP contribution < -0.4 is 10.1 Å². The molecule has 0 atom stereocenters. The fraction of sp³-hybridized carbons (Fsp3) is 0.375. The molecule has 1 aromatic carbocycles. The van der Waals surface area contributed by atoms with Crippen LogP contribution in [-0.4, -0.2) is 22.1 Å². The summed E-state index contributed by atoms with van der Waals surface area (Å²) in [5, 5.41) is 12.4. The topological polar surface area (TPSA) is 67.3 Å². The predicted octanol–water partition coefficient (Wildman–Crippen LogP) is 3.10. The van der Waals surface area contributed by atoms with E-state index in [1.165, 1.54) is 0 Å². The van der Waals surface area contributed by atoms with Gasteiger partial charge in [0.05, 0.1) is 6.61 Å². The monoisotopic (exact) mass is 287 g/mol. The van der Waals surface area contributed by atoms with Crippen LogP contribution >= 0.6 is 0 Å². The molecule has 5 heteroatoms. The van der Waals surface area contributed by atoms with Crippen molar-refractivity contribution in [2.45, 2.75) is 32.8 Å². The van der Waals surface area contributed by atoms with Crippen molar-refractivity contribution in [1.82, 2.24) is 9.97 Å². The number of nitrogens with one attached hydrogen (secondary N) is 1. The highest BCUT2D eigenvalue weighted by Gasteiger charge is 2.19. The van der Waals surface area contributed by atoms with E-state index < -0.39 is 0 Å². The number of aliphatic hydroxyl groups excluding tert-OH is 1. The van der Waals surface area contributed by atoms with Crippen LogP contribution in [0.2, 0.25) is 0 Å². The van der Waals surface area contributed by atoms with Crippen molar-refractivity contribution in [3.05, 3.63) is 41.7 Å². The Bertz CT molecular complexity index is 621. The summed E-state index contributed by atoms with van der Waals surface area (Å²) in [5.74, 6) is 2.46. The lowest BCUT2D eigenvalue weighted by molar-refractivity contribution is 0.276. The number of aromatic nitrogens is 2. The Hall–Kier alpha value is -2.14. The summed E-state index contributed by atoms with van der Waals surface area (Å²) in [5.41, 5.74) is 0.543. The lowest BCUT2D eigenvalue weighted by atomic mass is 9.96. The molecule has 0 aliphatic rings. The zero-order valence-electron chi connectivity index (χ0n) is 12.8. The minimum absolute atomic E-state index is 0.0771. The molecule has 0 saturated carbocycles. The minimum Gasteiger partial charge on any atom is -0.438 e. The Balaban J connectivity index is 2.39. The van der Waals surface area contributed by atoms with Gasteiger partial charge in [-0.25, -0.2) is 4.98 Å². The van der Waals surface area contributed by atoms with Crippen molar-refractivity contribution in [3.8, 4) is 11.6 Å². The van der Waals surface area contributed by atoms with Crippen LogP contribution in [0.5, 0.6) is 11.6 Å². The van der Waals surface area contributed by atoms with E-state index in [4.69, 9.17) is 4.74 Å². The average Bonchev–Trinajstić information content (AvgIpc) is 2.46. The second-order valence-electron chi connectivity index (χ2n) is 5.78. The van der Waals surface area contributed by atoms with Crippen molar-refractivity contribution in [1.29, 1.82) is 0 Å². The molecule has 0 fully saturated rings. The number of hydrogen-bond acceptors (Lipinski definition) is 5. The Morgan fingerprint density at radius 3 is 2.52 bits per heavy atom. The molecule has 0 aliphatic heterocycles. The molecule has 1 heterocycles. The van der Waals surface area contributed by atoms with Gasteiger partial charge in [0.1, 0.15) is 17.4 Å². The summed E-state index contributed by atoms with van der Waals surface area (Å²) < 4.78 is 5.83. The first-order chi connectivity index (χ1) is 9.94. The maximum atomic E-state index is 9.36. The van der Waals surface area contributed by atoms with Crippen molar-refractivity contribution in [3.63, 3.8) is 0 Å². The Morgan fingerprint density at radius 2 is 1.90 bits per heavy atom. The van der Waals surface area contributed by atoms with Crippen LogP contribution in [0.1, 0.15) is 32.2 Å². The number of nitrogens with zero attached hydrogens (tertiary/aromatic N) is 2. The fourth-order valence-electron chi connectivity index (χ4n) is 1.79. The van der Waals surface area contributed by atoms with E-state index in [0.29, 0.717) is 23.3 Å². The second-order valence-corrected chi connectivity index (χ2v) is 5.78. The SMILES string of the molecule is CNc1cc(Oc2ccccc2CO)nc(C(C)(C)C)n1. The number of hydrogen-bond donors (Lipinski definition) is 2. The molecule has 0 radical (unpaired) electrons. The van der Waals surface area contributed by atoms with Gasteiger partial charge in [-0.2, -0.15) is 4.98 Å².